The number of benzene rings is 2. The largest absolute Gasteiger partial charge is 0.492 e. The van der Waals surface area contributed by atoms with Gasteiger partial charge in [0.15, 0.2) is 0 Å². The maximum absolute atomic E-state index is 10.8. The van der Waals surface area contributed by atoms with E-state index in [1.54, 1.807) is 12.1 Å². The molecular formula is C23H26N2O5. The van der Waals surface area contributed by atoms with E-state index in [0.29, 0.717) is 49.9 Å². The van der Waals surface area contributed by atoms with Gasteiger partial charge in [-0.2, -0.15) is 5.26 Å². The number of hydrogen-bond donors (Lipinski definition) is 1. The molecule has 0 spiro atoms. The summed E-state index contributed by atoms with van der Waals surface area (Å²) in [6, 6.07) is 13.3. The first-order valence-corrected chi connectivity index (χ1v) is 9.97. The highest BCUT2D eigenvalue weighted by molar-refractivity contribution is 5.66. The predicted molar refractivity (Wildman–Crippen MR) is 111 cm³/mol. The van der Waals surface area contributed by atoms with Crippen LogP contribution in [0.2, 0.25) is 0 Å². The number of rotatable bonds is 8. The van der Waals surface area contributed by atoms with E-state index in [1.165, 1.54) is 0 Å². The van der Waals surface area contributed by atoms with E-state index >= 15 is 0 Å². The first-order chi connectivity index (χ1) is 14.4. The Hall–Kier alpha value is -3.24. The van der Waals surface area contributed by atoms with Crippen LogP contribution in [-0.2, 0) is 17.9 Å². The van der Waals surface area contributed by atoms with Crippen LogP contribution in [0.5, 0.6) is 17.2 Å². The minimum absolute atomic E-state index is 0.00108. The van der Waals surface area contributed by atoms with Gasteiger partial charge in [0, 0.05) is 31.3 Å². The molecule has 30 heavy (non-hydrogen) atoms. The van der Waals surface area contributed by atoms with Crippen molar-refractivity contribution < 1.29 is 24.1 Å². The molecule has 0 saturated heterocycles. The summed E-state index contributed by atoms with van der Waals surface area (Å²) in [6.45, 7) is 6.48. The Labute approximate surface area is 176 Å². The molecule has 1 heterocycles. The summed E-state index contributed by atoms with van der Waals surface area (Å²) in [5, 5.41) is 18.3. The Morgan fingerprint density at radius 1 is 1.30 bits per heavy atom. The van der Waals surface area contributed by atoms with Crippen molar-refractivity contribution in [3.63, 3.8) is 0 Å². The zero-order valence-corrected chi connectivity index (χ0v) is 17.3. The first kappa shape index (κ1) is 21.5. The minimum Gasteiger partial charge on any atom is -0.492 e. The maximum atomic E-state index is 10.8. The van der Waals surface area contributed by atoms with Gasteiger partial charge in [-0.3, -0.25) is 9.69 Å². The van der Waals surface area contributed by atoms with Gasteiger partial charge in [0.2, 0.25) is 0 Å². The molecule has 0 saturated carbocycles. The normalized spacial score (nSPS) is 13.7. The second kappa shape index (κ2) is 9.99. The Morgan fingerprint density at radius 3 is 2.87 bits per heavy atom. The fourth-order valence-electron chi connectivity index (χ4n) is 3.22. The van der Waals surface area contributed by atoms with E-state index in [0.717, 1.165) is 16.9 Å². The molecule has 1 N–H and O–H groups in total. The third-order valence-corrected chi connectivity index (χ3v) is 4.67. The van der Waals surface area contributed by atoms with Gasteiger partial charge in [-0.25, -0.2) is 0 Å². The lowest BCUT2D eigenvalue weighted by molar-refractivity contribution is -0.137. The number of fused-ring (bicyclic) bond motifs is 1. The first-order valence-electron chi connectivity index (χ1n) is 9.97. The van der Waals surface area contributed by atoms with Crippen LogP contribution < -0.4 is 14.2 Å². The second-order valence-corrected chi connectivity index (χ2v) is 7.44. The maximum Gasteiger partial charge on any atom is 0.304 e. The monoisotopic (exact) mass is 410 g/mol. The zero-order chi connectivity index (χ0) is 21.5. The fourth-order valence-corrected chi connectivity index (χ4v) is 3.22. The summed E-state index contributed by atoms with van der Waals surface area (Å²) < 4.78 is 17.4. The number of nitriles is 1. The van der Waals surface area contributed by atoms with Gasteiger partial charge in [0.05, 0.1) is 18.1 Å². The molecule has 158 valence electrons. The topological polar surface area (TPSA) is 92.0 Å². The van der Waals surface area contributed by atoms with Gasteiger partial charge < -0.3 is 19.3 Å². The summed E-state index contributed by atoms with van der Waals surface area (Å²) >= 11 is 0. The number of carbonyl (C=O) groups is 1. The highest BCUT2D eigenvalue weighted by Gasteiger charge is 2.17. The lowest BCUT2D eigenvalue weighted by Gasteiger charge is -2.18. The smallest absolute Gasteiger partial charge is 0.304 e. The van der Waals surface area contributed by atoms with Crippen molar-refractivity contribution >= 4 is 5.97 Å². The molecule has 7 heteroatoms. The van der Waals surface area contributed by atoms with Crippen LogP contribution in [0, 0.1) is 11.3 Å². The standard InChI is InChI=1S/C23H26N2O5/c1-16(2)30-21-6-3-17(11-19(21)13-24)15-29-20-5-4-18-14-25(8-7-23(26)27)9-10-28-22(18)12-20/h3-6,11-12,16H,7-10,14-15H2,1-2H3,(H,26,27). The van der Waals surface area contributed by atoms with Crippen molar-refractivity contribution in [2.45, 2.75) is 39.5 Å². The minimum atomic E-state index is -0.799. The number of aliphatic carboxylic acids is 1. The van der Waals surface area contributed by atoms with Gasteiger partial charge >= 0.3 is 5.97 Å². The van der Waals surface area contributed by atoms with Gasteiger partial charge in [-0.1, -0.05) is 12.1 Å². The molecular weight excluding hydrogens is 384 g/mol. The summed E-state index contributed by atoms with van der Waals surface area (Å²) in [5.74, 6) is 1.20. The molecule has 1 aliphatic heterocycles. The van der Waals surface area contributed by atoms with Crippen molar-refractivity contribution in [3.8, 4) is 23.3 Å². The van der Waals surface area contributed by atoms with E-state index in [9.17, 15) is 10.1 Å². The van der Waals surface area contributed by atoms with E-state index in [1.807, 2.05) is 38.1 Å². The van der Waals surface area contributed by atoms with Gasteiger partial charge in [-0.05, 0) is 37.6 Å². The Balaban J connectivity index is 1.64. The molecule has 0 unspecified atom stereocenters. The molecule has 7 nitrogen and oxygen atoms in total. The Kier molecular flexibility index (Phi) is 7.15. The predicted octanol–water partition coefficient (Wildman–Crippen LogP) is 3.59. The fraction of sp³-hybridized carbons (Fsp3) is 0.391. The van der Waals surface area contributed by atoms with Crippen LogP contribution in [0.1, 0.15) is 37.0 Å². The van der Waals surface area contributed by atoms with Crippen molar-refractivity contribution in [3.05, 3.63) is 53.1 Å². The summed E-state index contributed by atoms with van der Waals surface area (Å²) in [4.78, 5) is 12.9. The molecule has 0 bridgehead atoms. The van der Waals surface area contributed by atoms with Crippen molar-refractivity contribution in [1.29, 1.82) is 5.26 Å². The lowest BCUT2D eigenvalue weighted by Crippen LogP contribution is -2.28. The van der Waals surface area contributed by atoms with Crippen LogP contribution in [0.25, 0.3) is 0 Å². The molecule has 2 aromatic rings. The number of carboxylic acid groups (broad SMARTS) is 1. The molecule has 0 aliphatic carbocycles. The highest BCUT2D eigenvalue weighted by atomic mass is 16.5. The summed E-state index contributed by atoms with van der Waals surface area (Å²) in [5.41, 5.74) is 2.36. The summed E-state index contributed by atoms with van der Waals surface area (Å²) in [6.07, 6.45) is 0.112. The Morgan fingerprint density at radius 2 is 2.13 bits per heavy atom. The van der Waals surface area contributed by atoms with Crippen LogP contribution in [0.4, 0.5) is 0 Å². The zero-order valence-electron chi connectivity index (χ0n) is 17.3. The molecule has 0 atom stereocenters. The van der Waals surface area contributed by atoms with Gasteiger partial charge in [-0.15, -0.1) is 0 Å². The van der Waals surface area contributed by atoms with Crippen LogP contribution in [-0.4, -0.2) is 41.8 Å². The second-order valence-electron chi connectivity index (χ2n) is 7.44. The number of nitrogens with zero attached hydrogens (tertiary/aromatic N) is 2. The average Bonchev–Trinajstić information content (AvgIpc) is 2.92. The van der Waals surface area contributed by atoms with Crippen LogP contribution in [0.3, 0.4) is 0 Å². The average molecular weight is 410 g/mol. The van der Waals surface area contributed by atoms with Crippen molar-refractivity contribution in [1.82, 2.24) is 4.90 Å². The van der Waals surface area contributed by atoms with Crippen molar-refractivity contribution in [2.24, 2.45) is 0 Å². The third-order valence-electron chi connectivity index (χ3n) is 4.67. The van der Waals surface area contributed by atoms with E-state index < -0.39 is 5.97 Å². The van der Waals surface area contributed by atoms with Crippen LogP contribution in [0.15, 0.2) is 36.4 Å². The van der Waals surface area contributed by atoms with E-state index in [4.69, 9.17) is 19.3 Å². The molecule has 0 fully saturated rings. The van der Waals surface area contributed by atoms with Crippen molar-refractivity contribution in [2.75, 3.05) is 19.7 Å². The quantitative estimate of drug-likeness (QED) is 0.711. The molecule has 0 aromatic heterocycles. The van der Waals surface area contributed by atoms with E-state index in [-0.39, 0.29) is 12.5 Å². The molecule has 0 radical (unpaired) electrons. The number of hydrogen-bond acceptors (Lipinski definition) is 6. The number of carboxylic acids is 1. The summed E-state index contributed by atoms with van der Waals surface area (Å²) in [7, 11) is 0. The van der Waals surface area contributed by atoms with Crippen LogP contribution >= 0.6 is 0 Å². The molecule has 1 aliphatic rings. The highest BCUT2D eigenvalue weighted by Crippen LogP contribution is 2.29. The lowest BCUT2D eigenvalue weighted by atomic mass is 10.1. The van der Waals surface area contributed by atoms with Gasteiger partial charge in [0.1, 0.15) is 36.5 Å². The molecule has 0 amide bonds. The number of ether oxygens (including phenoxy) is 3. The SMILES string of the molecule is CC(C)Oc1ccc(COc2ccc3c(c2)OCCN(CCC(=O)O)C3)cc1C#N. The Bertz CT molecular complexity index is 936. The van der Waals surface area contributed by atoms with E-state index in [2.05, 4.69) is 11.0 Å². The van der Waals surface area contributed by atoms with Gasteiger partial charge in [0.25, 0.3) is 0 Å². The molecule has 3 rings (SSSR count). The molecule has 2 aromatic carbocycles. The third kappa shape index (κ3) is 5.88.